The Kier molecular flexibility index (Phi) is 8.88. The van der Waals surface area contributed by atoms with Gasteiger partial charge in [0.2, 0.25) is 0 Å². The monoisotopic (exact) mass is 550 g/mol. The molecule has 8 heteroatoms. The van der Waals surface area contributed by atoms with Gasteiger partial charge in [-0.15, -0.1) is 0 Å². The van der Waals surface area contributed by atoms with Crippen LogP contribution in [0.25, 0.3) is 21.9 Å². The molecule has 0 spiro atoms. The van der Waals surface area contributed by atoms with Gasteiger partial charge in [-0.25, -0.2) is 19.3 Å². The minimum atomic E-state index is -0.939. The molecule has 0 aliphatic rings. The van der Waals surface area contributed by atoms with E-state index in [1.165, 1.54) is 12.1 Å². The van der Waals surface area contributed by atoms with Crippen molar-refractivity contribution in [2.75, 3.05) is 0 Å². The first-order valence-corrected chi connectivity index (χ1v) is 12.4. The predicted octanol–water partition coefficient (Wildman–Crippen LogP) is 6.75. The molecule has 1 atom stereocenters. The summed E-state index contributed by atoms with van der Waals surface area (Å²) in [5, 5.41) is 11.6. The van der Waals surface area contributed by atoms with Crippen molar-refractivity contribution in [1.82, 2.24) is 0 Å². The summed E-state index contributed by atoms with van der Waals surface area (Å²) in [6.07, 6.45) is 1.00. The molecule has 0 bridgehead atoms. The maximum atomic E-state index is 11.8. The van der Waals surface area contributed by atoms with Crippen LogP contribution in [0.5, 0.6) is 17.2 Å². The minimum absolute atomic E-state index is 0.0155. The molecule has 0 saturated carbocycles. The third-order valence-electron chi connectivity index (χ3n) is 6.05. The molecule has 4 rings (SSSR count). The molecule has 0 aromatic heterocycles. The Morgan fingerprint density at radius 3 is 1.93 bits per heavy atom. The van der Waals surface area contributed by atoms with Crippen LogP contribution in [-0.4, -0.2) is 23.2 Å². The van der Waals surface area contributed by atoms with E-state index in [1.54, 1.807) is 37.3 Å². The van der Waals surface area contributed by atoms with Gasteiger partial charge in [0, 0.05) is 17.7 Å². The van der Waals surface area contributed by atoms with Gasteiger partial charge < -0.3 is 14.2 Å². The molecular formula is C33H26O8. The third-order valence-corrected chi connectivity index (χ3v) is 6.05. The van der Waals surface area contributed by atoms with Crippen molar-refractivity contribution in [3.05, 3.63) is 127 Å². The van der Waals surface area contributed by atoms with Gasteiger partial charge in [0.1, 0.15) is 11.9 Å². The van der Waals surface area contributed by atoms with Crippen LogP contribution in [0.1, 0.15) is 24.2 Å². The molecule has 0 fully saturated rings. The summed E-state index contributed by atoms with van der Waals surface area (Å²) in [6.45, 7) is 11.9. The quantitative estimate of drug-likeness (QED) is 0.0759. The second-order valence-electron chi connectivity index (χ2n) is 8.96. The Labute approximate surface area is 236 Å². The standard InChI is InChI=1S/C33H26O8/c1-5-30(34)39-28-16-14-26(19-29(28)40-31(35)6-2)32(41-37)22-9-7-21(8-10-22)23-11-12-25-18-27(15-13-24(25)17-23)38-33(36)20(3)4/h5-19,32,37H,1-3H2,4H3. The maximum Gasteiger partial charge on any atom is 0.338 e. The number of carbonyl (C=O) groups is 3. The second kappa shape index (κ2) is 12.7. The molecule has 0 heterocycles. The highest BCUT2D eigenvalue weighted by molar-refractivity contribution is 5.91. The summed E-state index contributed by atoms with van der Waals surface area (Å²) in [7, 11) is 0. The molecule has 1 unspecified atom stereocenters. The molecule has 8 nitrogen and oxygen atoms in total. The highest BCUT2D eigenvalue weighted by Gasteiger charge is 2.20. The average molecular weight is 551 g/mol. The molecule has 206 valence electrons. The minimum Gasteiger partial charge on any atom is -0.423 e. The number of hydrogen-bond acceptors (Lipinski definition) is 8. The molecule has 0 radical (unpaired) electrons. The van der Waals surface area contributed by atoms with Crippen LogP contribution in [-0.2, 0) is 19.3 Å². The first kappa shape index (κ1) is 28.7. The maximum absolute atomic E-state index is 11.8. The smallest absolute Gasteiger partial charge is 0.338 e. The van der Waals surface area contributed by atoms with Crippen LogP contribution in [0.3, 0.4) is 0 Å². The lowest BCUT2D eigenvalue weighted by Crippen LogP contribution is -2.10. The second-order valence-corrected chi connectivity index (χ2v) is 8.96. The predicted molar refractivity (Wildman–Crippen MR) is 153 cm³/mol. The largest absolute Gasteiger partial charge is 0.423 e. The lowest BCUT2D eigenvalue weighted by Gasteiger charge is -2.17. The molecule has 41 heavy (non-hydrogen) atoms. The van der Waals surface area contributed by atoms with Gasteiger partial charge in [-0.1, -0.05) is 68.3 Å². The Morgan fingerprint density at radius 2 is 1.29 bits per heavy atom. The van der Waals surface area contributed by atoms with E-state index in [2.05, 4.69) is 19.7 Å². The van der Waals surface area contributed by atoms with E-state index in [-0.39, 0.29) is 11.5 Å². The van der Waals surface area contributed by atoms with Crippen molar-refractivity contribution in [2.24, 2.45) is 0 Å². The van der Waals surface area contributed by atoms with E-state index in [9.17, 15) is 19.6 Å². The van der Waals surface area contributed by atoms with E-state index >= 15 is 0 Å². The number of fused-ring (bicyclic) bond motifs is 1. The fraction of sp³-hybridized carbons (Fsp3) is 0.0606. The summed E-state index contributed by atoms with van der Waals surface area (Å²) >= 11 is 0. The number of benzene rings is 4. The van der Waals surface area contributed by atoms with Crippen molar-refractivity contribution >= 4 is 28.7 Å². The zero-order valence-electron chi connectivity index (χ0n) is 22.2. The van der Waals surface area contributed by atoms with Crippen LogP contribution in [0, 0.1) is 0 Å². The number of esters is 3. The van der Waals surface area contributed by atoms with Gasteiger partial charge in [0.05, 0.1) is 0 Å². The van der Waals surface area contributed by atoms with E-state index in [0.29, 0.717) is 22.4 Å². The highest BCUT2D eigenvalue weighted by Crippen LogP contribution is 2.35. The number of rotatable bonds is 10. The van der Waals surface area contributed by atoms with E-state index in [4.69, 9.17) is 19.1 Å². The van der Waals surface area contributed by atoms with Gasteiger partial charge in [0.25, 0.3) is 0 Å². The zero-order chi connectivity index (χ0) is 29.5. The van der Waals surface area contributed by atoms with E-state index in [0.717, 1.165) is 34.1 Å². The lowest BCUT2D eigenvalue weighted by molar-refractivity contribution is -0.270. The number of carbonyl (C=O) groups excluding carboxylic acids is 3. The molecule has 4 aromatic rings. The number of hydrogen-bond donors (Lipinski definition) is 1. The molecule has 1 N–H and O–H groups in total. The molecule has 4 aromatic carbocycles. The molecular weight excluding hydrogens is 524 g/mol. The molecule has 0 saturated heterocycles. The fourth-order valence-corrected chi connectivity index (χ4v) is 3.98. The van der Waals surface area contributed by atoms with Crippen molar-refractivity contribution in [3.63, 3.8) is 0 Å². The first-order chi connectivity index (χ1) is 19.7. The summed E-state index contributed by atoms with van der Waals surface area (Å²) in [4.78, 5) is 40.1. The third kappa shape index (κ3) is 6.83. The average Bonchev–Trinajstić information content (AvgIpc) is 2.98. The van der Waals surface area contributed by atoms with Crippen LogP contribution in [0.15, 0.2) is 116 Å². The first-order valence-electron chi connectivity index (χ1n) is 12.4. The Morgan fingerprint density at radius 1 is 0.707 bits per heavy atom. The van der Waals surface area contributed by atoms with Crippen molar-refractivity contribution < 1.29 is 38.7 Å². The zero-order valence-corrected chi connectivity index (χ0v) is 22.2. The van der Waals surface area contributed by atoms with Crippen LogP contribution in [0.2, 0.25) is 0 Å². The van der Waals surface area contributed by atoms with Crippen LogP contribution in [0.4, 0.5) is 0 Å². The summed E-state index contributed by atoms with van der Waals surface area (Å²) in [6, 6.07) is 23.0. The van der Waals surface area contributed by atoms with Gasteiger partial charge in [0.15, 0.2) is 11.5 Å². The van der Waals surface area contributed by atoms with Gasteiger partial charge in [-0.05, 0) is 70.3 Å². The van der Waals surface area contributed by atoms with Gasteiger partial charge in [-0.3, -0.25) is 5.26 Å². The summed E-state index contributed by atoms with van der Waals surface area (Å²) in [5.41, 5.74) is 3.22. The van der Waals surface area contributed by atoms with E-state index < -0.39 is 24.0 Å². The summed E-state index contributed by atoms with van der Waals surface area (Å²) in [5.74, 6) is -1.62. The van der Waals surface area contributed by atoms with Crippen molar-refractivity contribution in [1.29, 1.82) is 0 Å². The molecule has 0 aliphatic carbocycles. The highest BCUT2D eigenvalue weighted by atomic mass is 17.1. The fourth-order valence-electron chi connectivity index (χ4n) is 3.98. The summed E-state index contributed by atoms with van der Waals surface area (Å²) < 4.78 is 15.7. The Balaban J connectivity index is 1.59. The SMILES string of the molecule is C=CC(=O)Oc1ccc(C(OO)c2ccc(-c3ccc4cc(OC(=O)C(=C)C)ccc4c3)cc2)cc1OC(=O)C=C. The normalized spacial score (nSPS) is 11.3. The molecule has 0 aliphatic heterocycles. The Hall–Kier alpha value is -5.31. The Bertz CT molecular complexity index is 1670. The molecule has 0 amide bonds. The van der Waals surface area contributed by atoms with Crippen LogP contribution >= 0.6 is 0 Å². The van der Waals surface area contributed by atoms with Gasteiger partial charge in [-0.2, -0.15) is 0 Å². The van der Waals surface area contributed by atoms with Crippen LogP contribution < -0.4 is 14.2 Å². The van der Waals surface area contributed by atoms with Gasteiger partial charge >= 0.3 is 17.9 Å². The van der Waals surface area contributed by atoms with Crippen molar-refractivity contribution in [2.45, 2.75) is 13.0 Å². The lowest BCUT2D eigenvalue weighted by atomic mass is 9.96. The van der Waals surface area contributed by atoms with Crippen molar-refractivity contribution in [3.8, 4) is 28.4 Å². The topological polar surface area (TPSA) is 108 Å². The number of ether oxygens (including phenoxy) is 3. The van der Waals surface area contributed by atoms with E-state index in [1.807, 2.05) is 36.4 Å².